The fourth-order valence-electron chi connectivity index (χ4n) is 1.81. The quantitative estimate of drug-likeness (QED) is 0.628. The van der Waals surface area contributed by atoms with Crippen molar-refractivity contribution in [2.45, 2.75) is 43.5 Å². The highest BCUT2D eigenvalue weighted by Crippen LogP contribution is 2.24. The second-order valence-electron chi connectivity index (χ2n) is 3.76. The van der Waals surface area contributed by atoms with Crippen LogP contribution in [0.2, 0.25) is 0 Å². The van der Waals surface area contributed by atoms with Crippen molar-refractivity contribution in [3.8, 4) is 0 Å². The maximum absolute atomic E-state index is 11.7. The van der Waals surface area contributed by atoms with Gasteiger partial charge in [0.25, 0.3) is 0 Å². The Morgan fingerprint density at radius 2 is 1.92 bits per heavy atom. The molecule has 2 fully saturated rings. The molecule has 1 saturated heterocycles. The van der Waals surface area contributed by atoms with Gasteiger partial charge in [-0.2, -0.15) is 0 Å². The van der Waals surface area contributed by atoms with Crippen molar-refractivity contribution in [3.63, 3.8) is 0 Å². The first-order valence-corrected chi connectivity index (χ1v) is 6.23. The largest absolute Gasteiger partial charge is 0.372 e. The second kappa shape index (κ2) is 3.88. The number of epoxide rings is 1. The third-order valence-electron chi connectivity index (χ3n) is 2.68. The first-order valence-electron chi connectivity index (χ1n) is 4.85. The Hall–Kier alpha value is 0.110. The Balaban J connectivity index is 1.76. The molecule has 2 rings (SSSR count). The maximum atomic E-state index is 11.7. The first-order chi connectivity index (χ1) is 5.86. The molecule has 0 amide bonds. The summed E-state index contributed by atoms with van der Waals surface area (Å²) in [6.07, 6.45) is 6.60. The van der Waals surface area contributed by atoms with Gasteiger partial charge in [-0.25, -0.2) is 0 Å². The molecule has 0 N–H and O–H groups in total. The van der Waals surface area contributed by atoms with E-state index in [2.05, 4.69) is 0 Å². The van der Waals surface area contributed by atoms with Crippen LogP contribution >= 0.6 is 0 Å². The molecule has 3 heteroatoms. The lowest BCUT2D eigenvalue weighted by Crippen LogP contribution is -2.22. The van der Waals surface area contributed by atoms with Crippen molar-refractivity contribution >= 4 is 10.8 Å². The average Bonchev–Trinajstić information content (AvgIpc) is 2.90. The summed E-state index contributed by atoms with van der Waals surface area (Å²) in [6.45, 7) is 0.846. The molecule has 1 heterocycles. The molecule has 0 aromatic carbocycles. The van der Waals surface area contributed by atoms with Gasteiger partial charge < -0.3 is 4.74 Å². The topological polar surface area (TPSA) is 29.6 Å². The van der Waals surface area contributed by atoms with E-state index in [9.17, 15) is 4.21 Å². The van der Waals surface area contributed by atoms with Crippen LogP contribution in [0.1, 0.15) is 32.1 Å². The molecule has 1 saturated carbocycles. The second-order valence-corrected chi connectivity index (χ2v) is 5.52. The average molecular weight is 188 g/mol. The minimum Gasteiger partial charge on any atom is -0.372 e. The standard InChI is InChI=1S/C9H16O2S/c10-12(7-8-6-11-8)9-4-2-1-3-5-9/h8-9H,1-7H2/t8-,12?/m1/s1. The van der Waals surface area contributed by atoms with Crippen molar-refractivity contribution in [1.82, 2.24) is 0 Å². The van der Waals surface area contributed by atoms with Crippen molar-refractivity contribution in [2.75, 3.05) is 12.4 Å². The lowest BCUT2D eigenvalue weighted by molar-refractivity contribution is 0.423. The predicted octanol–water partition coefficient (Wildman–Crippen LogP) is 1.47. The van der Waals surface area contributed by atoms with Gasteiger partial charge in [0, 0.05) is 16.0 Å². The van der Waals surface area contributed by atoms with E-state index >= 15 is 0 Å². The Morgan fingerprint density at radius 1 is 1.25 bits per heavy atom. The zero-order chi connectivity index (χ0) is 8.39. The summed E-state index contributed by atoms with van der Waals surface area (Å²) >= 11 is 0. The molecule has 0 bridgehead atoms. The van der Waals surface area contributed by atoms with E-state index in [0.29, 0.717) is 11.4 Å². The van der Waals surface area contributed by atoms with E-state index in [1.165, 1.54) is 32.1 Å². The lowest BCUT2D eigenvalue weighted by Gasteiger charge is -2.20. The Labute approximate surface area is 76.1 Å². The number of rotatable bonds is 3. The summed E-state index contributed by atoms with van der Waals surface area (Å²) in [6, 6.07) is 0. The van der Waals surface area contributed by atoms with E-state index in [1.807, 2.05) is 0 Å². The van der Waals surface area contributed by atoms with Crippen molar-refractivity contribution in [2.24, 2.45) is 0 Å². The SMILES string of the molecule is O=S(C[C@H]1CO1)C1CCCCC1. The summed E-state index contributed by atoms with van der Waals surface area (Å²) in [5.41, 5.74) is 0. The molecule has 1 aliphatic carbocycles. The molecular formula is C9H16O2S. The van der Waals surface area contributed by atoms with E-state index in [1.54, 1.807) is 0 Å². The van der Waals surface area contributed by atoms with Crippen LogP contribution in [0, 0.1) is 0 Å². The highest BCUT2D eigenvalue weighted by molar-refractivity contribution is 7.85. The minimum absolute atomic E-state index is 0.341. The van der Waals surface area contributed by atoms with Gasteiger partial charge in [-0.1, -0.05) is 19.3 Å². The Kier molecular flexibility index (Phi) is 2.81. The third kappa shape index (κ3) is 2.30. The van der Waals surface area contributed by atoms with Crippen LogP contribution in [0.25, 0.3) is 0 Å². The summed E-state index contributed by atoms with van der Waals surface area (Å²) in [5.74, 6) is 0.796. The van der Waals surface area contributed by atoms with Crippen LogP contribution in [0.4, 0.5) is 0 Å². The zero-order valence-electron chi connectivity index (χ0n) is 7.33. The first kappa shape index (κ1) is 8.70. The van der Waals surface area contributed by atoms with Crippen LogP contribution in [0.15, 0.2) is 0 Å². The summed E-state index contributed by atoms with van der Waals surface area (Å²) in [5, 5.41) is 0.489. The number of hydrogen-bond acceptors (Lipinski definition) is 2. The van der Waals surface area contributed by atoms with Gasteiger partial charge >= 0.3 is 0 Å². The molecule has 12 heavy (non-hydrogen) atoms. The fraction of sp³-hybridized carbons (Fsp3) is 1.00. The lowest BCUT2D eigenvalue weighted by atomic mass is 10.0. The van der Waals surface area contributed by atoms with Gasteiger partial charge in [-0.05, 0) is 12.8 Å². The number of ether oxygens (including phenoxy) is 1. The minimum atomic E-state index is -0.599. The number of hydrogen-bond donors (Lipinski definition) is 0. The monoisotopic (exact) mass is 188 g/mol. The van der Waals surface area contributed by atoms with Gasteiger partial charge in [-0.3, -0.25) is 4.21 Å². The third-order valence-corrected chi connectivity index (χ3v) is 4.59. The molecular weight excluding hydrogens is 172 g/mol. The molecule has 0 aromatic rings. The van der Waals surface area contributed by atoms with Crippen LogP contribution in [0.5, 0.6) is 0 Å². The van der Waals surface area contributed by atoms with Crippen molar-refractivity contribution < 1.29 is 8.95 Å². The Morgan fingerprint density at radius 3 is 2.50 bits per heavy atom. The molecule has 70 valence electrons. The molecule has 1 unspecified atom stereocenters. The molecule has 0 aromatic heterocycles. The van der Waals surface area contributed by atoms with Crippen LogP contribution in [-0.2, 0) is 15.5 Å². The summed E-state index contributed by atoms with van der Waals surface area (Å²) in [4.78, 5) is 0. The van der Waals surface area contributed by atoms with Gasteiger partial charge in [0.05, 0.1) is 18.5 Å². The normalized spacial score (nSPS) is 33.2. The zero-order valence-corrected chi connectivity index (χ0v) is 8.15. The van der Waals surface area contributed by atoms with E-state index in [0.717, 1.165) is 12.4 Å². The van der Waals surface area contributed by atoms with Crippen LogP contribution in [0.3, 0.4) is 0 Å². The fourth-order valence-corrected chi connectivity index (χ4v) is 3.50. The van der Waals surface area contributed by atoms with E-state index in [-0.39, 0.29) is 0 Å². The molecule has 0 radical (unpaired) electrons. The smallest absolute Gasteiger partial charge is 0.0924 e. The van der Waals surface area contributed by atoms with Crippen LogP contribution < -0.4 is 0 Å². The van der Waals surface area contributed by atoms with Gasteiger partial charge in [0.1, 0.15) is 0 Å². The molecule has 2 aliphatic rings. The van der Waals surface area contributed by atoms with Crippen molar-refractivity contribution in [3.05, 3.63) is 0 Å². The molecule has 2 nitrogen and oxygen atoms in total. The summed E-state index contributed by atoms with van der Waals surface area (Å²) < 4.78 is 16.8. The van der Waals surface area contributed by atoms with Crippen molar-refractivity contribution in [1.29, 1.82) is 0 Å². The van der Waals surface area contributed by atoms with E-state index < -0.39 is 10.8 Å². The Bertz CT molecular complexity index is 171. The summed E-state index contributed by atoms with van der Waals surface area (Å²) in [7, 11) is -0.599. The molecule has 0 spiro atoms. The van der Waals surface area contributed by atoms with Crippen LogP contribution in [-0.4, -0.2) is 27.9 Å². The van der Waals surface area contributed by atoms with Gasteiger partial charge in [0.15, 0.2) is 0 Å². The molecule has 2 atom stereocenters. The molecule has 1 aliphatic heterocycles. The van der Waals surface area contributed by atoms with E-state index in [4.69, 9.17) is 4.74 Å². The predicted molar refractivity (Wildman–Crippen MR) is 49.6 cm³/mol. The highest BCUT2D eigenvalue weighted by Gasteiger charge is 2.29. The van der Waals surface area contributed by atoms with Gasteiger partial charge in [-0.15, -0.1) is 0 Å². The maximum Gasteiger partial charge on any atom is 0.0924 e. The highest BCUT2D eigenvalue weighted by atomic mass is 32.2. The van der Waals surface area contributed by atoms with Gasteiger partial charge in [0.2, 0.25) is 0 Å².